The number of hydrogen-bond acceptors (Lipinski definition) is 7. The molecule has 1 aromatic rings. The summed E-state index contributed by atoms with van der Waals surface area (Å²) in [5, 5.41) is 2.66. The van der Waals surface area contributed by atoms with Crippen LogP contribution in [0.25, 0.3) is 0 Å². The Morgan fingerprint density at radius 3 is 2.47 bits per heavy atom. The number of likely N-dealkylation sites (tertiary alicyclic amines) is 2. The van der Waals surface area contributed by atoms with Crippen LogP contribution in [0.1, 0.15) is 52.0 Å². The Bertz CT molecular complexity index is 942. The van der Waals surface area contributed by atoms with E-state index < -0.39 is 54.0 Å². The lowest BCUT2D eigenvalue weighted by Crippen LogP contribution is -2.58. The monoisotopic (exact) mass is 473 g/mol. The number of rotatable bonds is 6. The van der Waals surface area contributed by atoms with Gasteiger partial charge in [0.1, 0.15) is 30.8 Å². The number of piperidine rings is 1. The Morgan fingerprint density at radius 1 is 1.09 bits per heavy atom. The molecule has 3 rings (SSSR count). The molecule has 0 radical (unpaired) electrons. The molecular formula is C24H31N3O7. The van der Waals surface area contributed by atoms with Gasteiger partial charge in [0.05, 0.1) is 0 Å². The first kappa shape index (κ1) is 25.2. The van der Waals surface area contributed by atoms with Crippen LogP contribution in [0.4, 0.5) is 4.79 Å². The van der Waals surface area contributed by atoms with E-state index in [4.69, 9.17) is 9.47 Å². The van der Waals surface area contributed by atoms with Crippen LogP contribution < -0.4 is 5.32 Å². The van der Waals surface area contributed by atoms with Gasteiger partial charge in [0, 0.05) is 13.0 Å². The van der Waals surface area contributed by atoms with Gasteiger partial charge in [-0.3, -0.25) is 29.0 Å². The fourth-order valence-corrected chi connectivity index (χ4v) is 3.90. The largest absolute Gasteiger partial charge is 0.459 e. The predicted octanol–water partition coefficient (Wildman–Crippen LogP) is 1.76. The Hall–Kier alpha value is -3.43. The Balaban J connectivity index is 1.57. The summed E-state index contributed by atoms with van der Waals surface area (Å²) in [6.07, 6.45) is 0.619. The molecule has 0 bridgehead atoms. The Morgan fingerprint density at radius 2 is 1.79 bits per heavy atom. The van der Waals surface area contributed by atoms with Crippen LogP contribution in [0.2, 0.25) is 0 Å². The van der Waals surface area contributed by atoms with Gasteiger partial charge >= 0.3 is 12.1 Å². The first-order chi connectivity index (χ1) is 16.0. The van der Waals surface area contributed by atoms with Gasteiger partial charge < -0.3 is 14.8 Å². The molecule has 1 N–H and O–H groups in total. The third-order valence-electron chi connectivity index (χ3n) is 5.54. The van der Waals surface area contributed by atoms with E-state index in [1.165, 1.54) is 4.90 Å². The van der Waals surface area contributed by atoms with E-state index in [2.05, 4.69) is 5.32 Å². The molecule has 0 aromatic heterocycles. The first-order valence-electron chi connectivity index (χ1n) is 11.4. The van der Waals surface area contributed by atoms with Crippen molar-refractivity contribution in [3.63, 3.8) is 0 Å². The smallest absolute Gasteiger partial charge is 0.410 e. The van der Waals surface area contributed by atoms with Crippen LogP contribution in [-0.4, -0.2) is 70.4 Å². The Kier molecular flexibility index (Phi) is 7.90. The van der Waals surface area contributed by atoms with Crippen molar-refractivity contribution in [2.75, 3.05) is 13.1 Å². The average molecular weight is 474 g/mol. The predicted molar refractivity (Wildman–Crippen MR) is 120 cm³/mol. The molecule has 2 aliphatic rings. The molecule has 1 aromatic carbocycles. The molecule has 2 atom stereocenters. The van der Waals surface area contributed by atoms with Crippen molar-refractivity contribution in [1.82, 2.24) is 15.1 Å². The highest BCUT2D eigenvalue weighted by Gasteiger charge is 2.41. The maximum atomic E-state index is 12.9. The standard InChI is InChI=1S/C24H31N3O7/c1-24(2,3)34-23(32)26-13-7-10-18(26)21(30)25-17-11-12-19(28)27(22(17)31)14-20(29)33-15-16-8-5-4-6-9-16/h4-6,8-9,17-18H,7,10-15H2,1-3H3,(H,25,30)/t17-,18-/m0/s1. The normalized spacial score (nSPS) is 20.8. The second kappa shape index (κ2) is 10.7. The number of benzene rings is 1. The van der Waals surface area contributed by atoms with Gasteiger partial charge in [-0.05, 0) is 45.6 Å². The van der Waals surface area contributed by atoms with Crippen molar-refractivity contribution in [2.24, 2.45) is 0 Å². The maximum Gasteiger partial charge on any atom is 0.410 e. The number of amides is 4. The van der Waals surface area contributed by atoms with Crippen LogP contribution in [0.3, 0.4) is 0 Å². The highest BCUT2D eigenvalue weighted by molar-refractivity contribution is 6.04. The molecule has 2 heterocycles. The van der Waals surface area contributed by atoms with E-state index in [0.29, 0.717) is 19.4 Å². The van der Waals surface area contributed by atoms with Crippen molar-refractivity contribution in [3.8, 4) is 0 Å². The van der Waals surface area contributed by atoms with Crippen molar-refractivity contribution >= 4 is 29.8 Å². The van der Waals surface area contributed by atoms with E-state index in [1.807, 2.05) is 18.2 Å². The van der Waals surface area contributed by atoms with E-state index in [9.17, 15) is 24.0 Å². The van der Waals surface area contributed by atoms with Crippen LogP contribution in [0.15, 0.2) is 30.3 Å². The number of carbonyl (C=O) groups is 5. The molecule has 0 saturated carbocycles. The van der Waals surface area contributed by atoms with Gasteiger partial charge in [-0.1, -0.05) is 30.3 Å². The van der Waals surface area contributed by atoms with E-state index in [-0.39, 0.29) is 19.4 Å². The summed E-state index contributed by atoms with van der Waals surface area (Å²) >= 11 is 0. The molecule has 0 unspecified atom stereocenters. The number of nitrogens with zero attached hydrogens (tertiary/aromatic N) is 2. The van der Waals surface area contributed by atoms with Crippen molar-refractivity contribution in [2.45, 2.75) is 70.7 Å². The molecule has 184 valence electrons. The molecule has 2 fully saturated rings. The summed E-state index contributed by atoms with van der Waals surface area (Å²) in [6, 6.07) is 7.31. The summed E-state index contributed by atoms with van der Waals surface area (Å²) in [4.78, 5) is 64.9. The number of imide groups is 1. The third kappa shape index (κ3) is 6.55. The average Bonchev–Trinajstić information content (AvgIpc) is 3.27. The van der Waals surface area contributed by atoms with Crippen molar-refractivity contribution in [3.05, 3.63) is 35.9 Å². The fourth-order valence-electron chi connectivity index (χ4n) is 3.90. The van der Waals surface area contributed by atoms with E-state index >= 15 is 0 Å². The lowest BCUT2D eigenvalue weighted by Gasteiger charge is -2.32. The summed E-state index contributed by atoms with van der Waals surface area (Å²) in [6.45, 7) is 5.11. The minimum Gasteiger partial charge on any atom is -0.459 e. The van der Waals surface area contributed by atoms with Crippen molar-refractivity contribution in [1.29, 1.82) is 0 Å². The van der Waals surface area contributed by atoms with Gasteiger partial charge in [0.25, 0.3) is 5.91 Å². The van der Waals surface area contributed by atoms with Crippen LogP contribution in [-0.2, 0) is 35.3 Å². The number of carbonyl (C=O) groups excluding carboxylic acids is 5. The number of ether oxygens (including phenoxy) is 2. The molecule has 0 aliphatic carbocycles. The molecule has 4 amide bonds. The van der Waals surface area contributed by atoms with Crippen LogP contribution in [0, 0.1) is 0 Å². The molecule has 0 spiro atoms. The SMILES string of the molecule is CC(C)(C)OC(=O)N1CCC[C@H]1C(=O)N[C@H]1CCC(=O)N(CC(=O)OCc2ccccc2)C1=O. The lowest BCUT2D eigenvalue weighted by atomic mass is 10.0. The number of hydrogen-bond donors (Lipinski definition) is 1. The third-order valence-corrected chi connectivity index (χ3v) is 5.54. The quantitative estimate of drug-likeness (QED) is 0.493. The highest BCUT2D eigenvalue weighted by Crippen LogP contribution is 2.22. The molecule has 2 aliphatic heterocycles. The van der Waals surface area contributed by atoms with Gasteiger partial charge in [-0.15, -0.1) is 0 Å². The topological polar surface area (TPSA) is 122 Å². The van der Waals surface area contributed by atoms with E-state index in [0.717, 1.165) is 10.5 Å². The van der Waals surface area contributed by atoms with Gasteiger partial charge in [-0.25, -0.2) is 4.79 Å². The van der Waals surface area contributed by atoms with Crippen molar-refractivity contribution < 1.29 is 33.4 Å². The zero-order chi connectivity index (χ0) is 24.9. The second-order valence-electron chi connectivity index (χ2n) is 9.40. The summed E-state index contributed by atoms with van der Waals surface area (Å²) in [5.74, 6) is -2.36. The van der Waals surface area contributed by atoms with Crippen LogP contribution in [0.5, 0.6) is 0 Å². The number of esters is 1. The molecule has 34 heavy (non-hydrogen) atoms. The fraction of sp³-hybridized carbons (Fsp3) is 0.542. The highest BCUT2D eigenvalue weighted by atomic mass is 16.6. The summed E-state index contributed by atoms with van der Waals surface area (Å²) < 4.78 is 10.6. The summed E-state index contributed by atoms with van der Waals surface area (Å²) in [5.41, 5.74) is 0.0825. The maximum absolute atomic E-state index is 12.9. The van der Waals surface area contributed by atoms with Gasteiger partial charge in [0.15, 0.2) is 0 Å². The lowest BCUT2D eigenvalue weighted by molar-refractivity contribution is -0.159. The molecule has 10 heteroatoms. The van der Waals surface area contributed by atoms with Crippen LogP contribution >= 0.6 is 0 Å². The van der Waals surface area contributed by atoms with E-state index in [1.54, 1.807) is 32.9 Å². The number of nitrogens with one attached hydrogen (secondary N) is 1. The summed E-state index contributed by atoms with van der Waals surface area (Å²) in [7, 11) is 0. The zero-order valence-electron chi connectivity index (χ0n) is 19.7. The first-order valence-corrected chi connectivity index (χ1v) is 11.4. The minimum atomic E-state index is -0.965. The molecule has 10 nitrogen and oxygen atoms in total. The second-order valence-corrected chi connectivity index (χ2v) is 9.40. The zero-order valence-corrected chi connectivity index (χ0v) is 19.7. The molecule has 2 saturated heterocycles. The minimum absolute atomic E-state index is 0.00307. The van der Waals surface area contributed by atoms with Gasteiger partial charge in [0.2, 0.25) is 11.8 Å². The molecular weight excluding hydrogens is 442 g/mol. The van der Waals surface area contributed by atoms with Gasteiger partial charge in [-0.2, -0.15) is 0 Å². The Labute approximate surface area is 198 Å².